The van der Waals surface area contributed by atoms with Crippen molar-refractivity contribution >= 4 is 33.4 Å². The third-order valence-electron chi connectivity index (χ3n) is 4.07. The van der Waals surface area contributed by atoms with Gasteiger partial charge in [0.25, 0.3) is 0 Å². The summed E-state index contributed by atoms with van der Waals surface area (Å²) >= 11 is 3.52. The largest absolute Gasteiger partial charge is 0.444 e. The maximum atomic E-state index is 11.7. The van der Waals surface area contributed by atoms with Crippen LogP contribution in [0.15, 0.2) is 22.7 Å². The number of carbonyl (C=O) groups is 1. The number of nitrogens with two attached hydrogens (primary N) is 1. The smallest absolute Gasteiger partial charge is 0.407 e. The number of hydrogen-bond donors (Lipinski definition) is 2. The van der Waals surface area contributed by atoms with E-state index in [1.165, 1.54) is 6.42 Å². The molecule has 5 nitrogen and oxygen atoms in total. The van der Waals surface area contributed by atoms with Crippen molar-refractivity contribution in [2.75, 3.05) is 30.3 Å². The first-order chi connectivity index (χ1) is 11.2. The van der Waals surface area contributed by atoms with Crippen LogP contribution < -0.4 is 16.0 Å². The number of anilines is 2. The molecule has 1 aliphatic heterocycles. The average Bonchev–Trinajstić information content (AvgIpc) is 2.48. The van der Waals surface area contributed by atoms with Crippen molar-refractivity contribution in [3.63, 3.8) is 0 Å². The number of nitrogen functional groups attached to an aromatic ring is 1. The number of nitrogens with zero attached hydrogens (tertiary/aromatic N) is 1. The molecule has 6 heteroatoms. The minimum Gasteiger partial charge on any atom is -0.444 e. The van der Waals surface area contributed by atoms with Gasteiger partial charge in [-0.2, -0.15) is 0 Å². The molecule has 0 aliphatic carbocycles. The van der Waals surface area contributed by atoms with Gasteiger partial charge < -0.3 is 20.7 Å². The van der Waals surface area contributed by atoms with E-state index < -0.39 is 5.60 Å². The highest BCUT2D eigenvalue weighted by molar-refractivity contribution is 9.10. The Labute approximate surface area is 153 Å². The Morgan fingerprint density at radius 3 is 2.92 bits per heavy atom. The molecule has 3 N–H and O–H groups in total. The summed E-state index contributed by atoms with van der Waals surface area (Å²) in [6.07, 6.45) is 2.93. The molecule has 1 aromatic carbocycles. The molecular formula is C18H28BrN3O2. The highest BCUT2D eigenvalue weighted by Gasteiger charge is 2.22. The highest BCUT2D eigenvalue weighted by atomic mass is 79.9. The second-order valence-electron chi connectivity index (χ2n) is 7.37. The van der Waals surface area contributed by atoms with E-state index in [0.29, 0.717) is 12.5 Å². The molecule has 1 aliphatic rings. The van der Waals surface area contributed by atoms with Gasteiger partial charge in [0.15, 0.2) is 0 Å². The number of benzene rings is 1. The van der Waals surface area contributed by atoms with Crippen molar-refractivity contribution in [1.82, 2.24) is 5.32 Å². The zero-order valence-corrected chi connectivity index (χ0v) is 16.4. The molecule has 24 heavy (non-hydrogen) atoms. The van der Waals surface area contributed by atoms with Gasteiger partial charge in [0.2, 0.25) is 0 Å². The molecule has 1 heterocycles. The van der Waals surface area contributed by atoms with E-state index >= 15 is 0 Å². The van der Waals surface area contributed by atoms with Crippen LogP contribution in [0.4, 0.5) is 16.2 Å². The van der Waals surface area contributed by atoms with Crippen molar-refractivity contribution in [2.24, 2.45) is 5.92 Å². The molecule has 0 radical (unpaired) electrons. The topological polar surface area (TPSA) is 67.6 Å². The predicted molar refractivity (Wildman–Crippen MR) is 102 cm³/mol. The molecule has 1 saturated heterocycles. The SMILES string of the molecule is CC(C)(C)OC(=O)NCCC1CCCN(c2cc(Br)ccc2N)C1. The molecule has 0 spiro atoms. The van der Waals surface area contributed by atoms with Crippen LogP contribution in [0.3, 0.4) is 0 Å². The van der Waals surface area contributed by atoms with Gasteiger partial charge in [0.05, 0.1) is 11.4 Å². The predicted octanol–water partition coefficient (Wildman–Crippen LogP) is 4.16. The van der Waals surface area contributed by atoms with Gasteiger partial charge in [0, 0.05) is 24.1 Å². The number of amides is 1. The Morgan fingerprint density at radius 1 is 1.46 bits per heavy atom. The fraction of sp³-hybridized carbons (Fsp3) is 0.611. The van der Waals surface area contributed by atoms with E-state index in [9.17, 15) is 4.79 Å². The summed E-state index contributed by atoms with van der Waals surface area (Å²) < 4.78 is 6.31. The lowest BCUT2D eigenvalue weighted by atomic mass is 9.94. The van der Waals surface area contributed by atoms with E-state index in [1.807, 2.05) is 32.9 Å². The molecule has 134 valence electrons. The van der Waals surface area contributed by atoms with Gasteiger partial charge in [-0.3, -0.25) is 0 Å². The number of piperidine rings is 1. The van der Waals surface area contributed by atoms with Crippen molar-refractivity contribution in [3.05, 3.63) is 22.7 Å². The third kappa shape index (κ3) is 5.89. The molecule has 1 unspecified atom stereocenters. The van der Waals surface area contributed by atoms with Crippen molar-refractivity contribution < 1.29 is 9.53 Å². The molecule has 0 aromatic heterocycles. The summed E-state index contributed by atoms with van der Waals surface area (Å²) in [7, 11) is 0. The fourth-order valence-corrected chi connectivity index (χ4v) is 3.35. The zero-order chi connectivity index (χ0) is 17.7. The Hall–Kier alpha value is -1.43. The van der Waals surface area contributed by atoms with E-state index in [0.717, 1.165) is 41.8 Å². The Balaban J connectivity index is 1.83. The first-order valence-electron chi connectivity index (χ1n) is 8.51. The van der Waals surface area contributed by atoms with Gasteiger partial charge in [-0.25, -0.2) is 4.79 Å². The second kappa shape index (κ2) is 8.10. The Kier molecular flexibility index (Phi) is 6.38. The minimum atomic E-state index is -0.454. The molecule has 1 atom stereocenters. The second-order valence-corrected chi connectivity index (χ2v) is 8.29. The highest BCUT2D eigenvalue weighted by Crippen LogP contribution is 2.31. The number of nitrogens with one attached hydrogen (secondary N) is 1. The van der Waals surface area contributed by atoms with E-state index in [2.05, 4.69) is 32.2 Å². The Morgan fingerprint density at radius 2 is 2.21 bits per heavy atom. The van der Waals surface area contributed by atoms with Crippen LogP contribution in [0.1, 0.15) is 40.0 Å². The molecule has 2 rings (SSSR count). The Bertz CT molecular complexity index is 572. The van der Waals surface area contributed by atoms with Crippen LogP contribution in [0, 0.1) is 5.92 Å². The fourth-order valence-electron chi connectivity index (χ4n) is 3.00. The first-order valence-corrected chi connectivity index (χ1v) is 9.31. The lowest BCUT2D eigenvalue weighted by molar-refractivity contribution is 0.0524. The lowest BCUT2D eigenvalue weighted by Gasteiger charge is -2.35. The van der Waals surface area contributed by atoms with Crippen LogP contribution >= 0.6 is 15.9 Å². The quantitative estimate of drug-likeness (QED) is 0.748. The summed E-state index contributed by atoms with van der Waals surface area (Å²) in [5.41, 5.74) is 7.58. The van der Waals surface area contributed by atoms with Gasteiger partial charge >= 0.3 is 6.09 Å². The van der Waals surface area contributed by atoms with E-state index in [-0.39, 0.29) is 6.09 Å². The van der Waals surface area contributed by atoms with E-state index in [1.54, 1.807) is 0 Å². The number of halogens is 1. The van der Waals surface area contributed by atoms with Crippen LogP contribution in [0.25, 0.3) is 0 Å². The van der Waals surface area contributed by atoms with Crippen LogP contribution in [-0.4, -0.2) is 31.3 Å². The minimum absolute atomic E-state index is 0.341. The number of alkyl carbamates (subject to hydrolysis) is 1. The first kappa shape index (κ1) is 18.9. The number of carbonyl (C=O) groups excluding carboxylic acids is 1. The van der Waals surface area contributed by atoms with Crippen molar-refractivity contribution in [3.8, 4) is 0 Å². The lowest BCUT2D eigenvalue weighted by Crippen LogP contribution is -2.38. The summed E-state index contributed by atoms with van der Waals surface area (Å²) in [6.45, 7) is 8.24. The van der Waals surface area contributed by atoms with E-state index in [4.69, 9.17) is 10.5 Å². The van der Waals surface area contributed by atoms with Crippen LogP contribution in [0.2, 0.25) is 0 Å². The van der Waals surface area contributed by atoms with Gasteiger partial charge in [-0.1, -0.05) is 15.9 Å². The summed E-state index contributed by atoms with van der Waals surface area (Å²) in [5, 5.41) is 2.85. The molecule has 0 saturated carbocycles. The summed E-state index contributed by atoms with van der Waals surface area (Å²) in [6, 6.07) is 5.98. The average molecular weight is 398 g/mol. The summed E-state index contributed by atoms with van der Waals surface area (Å²) in [5.74, 6) is 0.548. The normalized spacial score (nSPS) is 18.3. The van der Waals surface area contributed by atoms with Crippen LogP contribution in [0.5, 0.6) is 0 Å². The molecule has 1 aromatic rings. The standard InChI is InChI=1S/C18H28BrN3O2/c1-18(2,3)24-17(23)21-9-8-13-5-4-10-22(12-13)16-11-14(19)6-7-15(16)20/h6-7,11,13H,4-5,8-10,12,20H2,1-3H3,(H,21,23). The third-order valence-corrected chi connectivity index (χ3v) is 4.57. The molecule has 1 fully saturated rings. The maximum absolute atomic E-state index is 11.7. The maximum Gasteiger partial charge on any atom is 0.407 e. The number of hydrogen-bond acceptors (Lipinski definition) is 4. The van der Waals surface area contributed by atoms with Crippen LogP contribution in [-0.2, 0) is 4.74 Å². The van der Waals surface area contributed by atoms with Gasteiger partial charge in [0.1, 0.15) is 5.60 Å². The summed E-state index contributed by atoms with van der Waals surface area (Å²) in [4.78, 5) is 14.1. The molecule has 0 bridgehead atoms. The van der Waals surface area contributed by atoms with Gasteiger partial charge in [-0.15, -0.1) is 0 Å². The van der Waals surface area contributed by atoms with Gasteiger partial charge in [-0.05, 0) is 64.2 Å². The molecule has 1 amide bonds. The van der Waals surface area contributed by atoms with Crippen molar-refractivity contribution in [2.45, 2.75) is 45.6 Å². The monoisotopic (exact) mass is 397 g/mol. The van der Waals surface area contributed by atoms with Crippen molar-refractivity contribution in [1.29, 1.82) is 0 Å². The number of ether oxygens (including phenoxy) is 1. The molecular weight excluding hydrogens is 370 g/mol. The zero-order valence-electron chi connectivity index (χ0n) is 14.8. The number of rotatable bonds is 4.